The molecule has 1 atom stereocenters. The zero-order chi connectivity index (χ0) is 9.97. The summed E-state index contributed by atoms with van der Waals surface area (Å²) in [6.07, 6.45) is -0.267. The summed E-state index contributed by atoms with van der Waals surface area (Å²) in [6.45, 7) is 0.363. The maximum Gasteiger partial charge on any atom is 0.248 e. The van der Waals surface area contributed by atoms with E-state index >= 15 is 0 Å². The van der Waals surface area contributed by atoms with E-state index in [1.165, 1.54) is 0 Å². The van der Waals surface area contributed by atoms with E-state index in [2.05, 4.69) is 10.2 Å². The second-order valence-electron chi connectivity index (χ2n) is 2.93. The van der Waals surface area contributed by atoms with Gasteiger partial charge in [-0.25, -0.2) is 9.78 Å². The number of carbonyl (C=O) groups excluding carboxylic acids is 1. The van der Waals surface area contributed by atoms with Crippen LogP contribution in [-0.4, -0.2) is 12.6 Å². The maximum atomic E-state index is 10.8. The molecular formula is C9H10N2O3. The molecule has 2 rings (SSSR count). The highest BCUT2D eigenvalue weighted by Crippen LogP contribution is 2.18. The lowest BCUT2D eigenvalue weighted by Gasteiger charge is -2.07. The maximum absolute atomic E-state index is 10.8. The summed E-state index contributed by atoms with van der Waals surface area (Å²) in [7, 11) is 0. The first-order valence-electron chi connectivity index (χ1n) is 4.19. The minimum atomic E-state index is -0.437. The topological polar surface area (TPSA) is 73.6 Å². The molecule has 1 amide bonds. The summed E-state index contributed by atoms with van der Waals surface area (Å²) in [5.41, 5.74) is 6.48. The van der Waals surface area contributed by atoms with Crippen molar-refractivity contribution in [1.29, 1.82) is 0 Å². The molecule has 74 valence electrons. The first-order valence-corrected chi connectivity index (χ1v) is 4.19. The number of amides is 1. The van der Waals surface area contributed by atoms with E-state index in [1.807, 2.05) is 0 Å². The Morgan fingerprint density at radius 1 is 1.43 bits per heavy atom. The number of benzene rings is 1. The lowest BCUT2D eigenvalue weighted by atomic mass is 10.1. The van der Waals surface area contributed by atoms with Gasteiger partial charge in [0.1, 0.15) is 6.73 Å². The molecule has 1 fully saturated rings. The van der Waals surface area contributed by atoms with Crippen LogP contribution in [-0.2, 0) is 9.78 Å². The minimum Gasteiger partial charge on any atom is -0.366 e. The Morgan fingerprint density at radius 3 is 2.64 bits per heavy atom. The molecule has 0 spiro atoms. The number of primary amides is 1. The van der Waals surface area contributed by atoms with E-state index in [4.69, 9.17) is 10.6 Å². The van der Waals surface area contributed by atoms with Crippen molar-refractivity contribution in [1.82, 2.24) is 5.32 Å². The Bertz CT molecular complexity index is 330. The summed E-state index contributed by atoms with van der Waals surface area (Å²) in [6, 6.07) is 6.85. The zero-order valence-corrected chi connectivity index (χ0v) is 7.40. The fourth-order valence-electron chi connectivity index (χ4n) is 1.24. The summed E-state index contributed by atoms with van der Waals surface area (Å²) >= 11 is 0. The highest BCUT2D eigenvalue weighted by atomic mass is 17.2. The fourth-order valence-corrected chi connectivity index (χ4v) is 1.24. The Hall–Kier alpha value is -1.43. The van der Waals surface area contributed by atoms with Crippen LogP contribution in [0.3, 0.4) is 0 Å². The minimum absolute atomic E-state index is 0.267. The van der Waals surface area contributed by atoms with Gasteiger partial charge in [0, 0.05) is 5.56 Å². The van der Waals surface area contributed by atoms with Crippen LogP contribution >= 0.6 is 0 Å². The van der Waals surface area contributed by atoms with E-state index in [9.17, 15) is 4.79 Å². The molecule has 1 saturated heterocycles. The standard InChI is InChI=1S/C9H10N2O3/c10-8(12)6-1-3-7(4-2-6)9-11-5-13-14-9/h1-4,9,11H,5H2,(H2,10,12). The van der Waals surface area contributed by atoms with Crippen LogP contribution in [0.25, 0.3) is 0 Å². The van der Waals surface area contributed by atoms with Gasteiger partial charge in [-0.05, 0) is 17.7 Å². The highest BCUT2D eigenvalue weighted by molar-refractivity contribution is 5.92. The van der Waals surface area contributed by atoms with Gasteiger partial charge >= 0.3 is 0 Å². The van der Waals surface area contributed by atoms with Gasteiger partial charge in [-0.1, -0.05) is 12.1 Å². The molecule has 1 aliphatic rings. The number of rotatable bonds is 2. The molecule has 5 heteroatoms. The molecular weight excluding hydrogens is 184 g/mol. The molecule has 0 aromatic heterocycles. The van der Waals surface area contributed by atoms with Gasteiger partial charge in [0.05, 0.1) is 0 Å². The smallest absolute Gasteiger partial charge is 0.248 e. The van der Waals surface area contributed by atoms with Gasteiger partial charge in [0.25, 0.3) is 0 Å². The molecule has 3 N–H and O–H groups in total. The predicted molar refractivity (Wildman–Crippen MR) is 47.9 cm³/mol. The van der Waals surface area contributed by atoms with Crippen LogP contribution in [0.1, 0.15) is 22.1 Å². The molecule has 14 heavy (non-hydrogen) atoms. The molecule has 0 radical (unpaired) electrons. The Kier molecular flexibility index (Phi) is 2.45. The van der Waals surface area contributed by atoms with Gasteiger partial charge in [-0.2, -0.15) is 0 Å². The average Bonchev–Trinajstić information content (AvgIpc) is 2.71. The van der Waals surface area contributed by atoms with E-state index < -0.39 is 5.91 Å². The third kappa shape index (κ3) is 1.74. The Labute approximate surface area is 80.7 Å². The van der Waals surface area contributed by atoms with Crippen LogP contribution in [0.4, 0.5) is 0 Å². The summed E-state index contributed by atoms with van der Waals surface area (Å²) < 4.78 is 0. The molecule has 1 aromatic carbocycles. The van der Waals surface area contributed by atoms with Crippen molar-refractivity contribution >= 4 is 5.91 Å². The van der Waals surface area contributed by atoms with Crippen LogP contribution in [0, 0.1) is 0 Å². The quantitative estimate of drug-likeness (QED) is 0.664. The van der Waals surface area contributed by atoms with Crippen molar-refractivity contribution < 1.29 is 14.6 Å². The third-order valence-corrected chi connectivity index (χ3v) is 1.99. The normalized spacial score (nSPS) is 21.0. The van der Waals surface area contributed by atoms with Crippen molar-refractivity contribution in [2.24, 2.45) is 5.73 Å². The summed E-state index contributed by atoms with van der Waals surface area (Å²) in [5, 5.41) is 2.96. The molecule has 1 aliphatic heterocycles. The number of nitrogens with one attached hydrogen (secondary N) is 1. The molecule has 1 aromatic rings. The molecule has 1 heterocycles. The van der Waals surface area contributed by atoms with Gasteiger partial charge in [-0.15, -0.1) is 0 Å². The molecule has 1 unspecified atom stereocenters. The third-order valence-electron chi connectivity index (χ3n) is 1.99. The van der Waals surface area contributed by atoms with Crippen LogP contribution in [0.15, 0.2) is 24.3 Å². The fraction of sp³-hybridized carbons (Fsp3) is 0.222. The molecule has 0 bridgehead atoms. The van der Waals surface area contributed by atoms with Gasteiger partial charge in [0.2, 0.25) is 5.91 Å². The van der Waals surface area contributed by atoms with Crippen molar-refractivity contribution in [3.8, 4) is 0 Å². The van der Waals surface area contributed by atoms with E-state index in [1.54, 1.807) is 24.3 Å². The van der Waals surface area contributed by atoms with Gasteiger partial charge in [0.15, 0.2) is 6.23 Å². The number of hydrogen-bond acceptors (Lipinski definition) is 4. The monoisotopic (exact) mass is 194 g/mol. The lowest BCUT2D eigenvalue weighted by molar-refractivity contribution is -0.276. The van der Waals surface area contributed by atoms with E-state index in [0.29, 0.717) is 12.3 Å². The zero-order valence-electron chi connectivity index (χ0n) is 7.40. The van der Waals surface area contributed by atoms with Crippen molar-refractivity contribution in [3.63, 3.8) is 0 Å². The van der Waals surface area contributed by atoms with Gasteiger partial charge < -0.3 is 5.73 Å². The second kappa shape index (κ2) is 3.75. The van der Waals surface area contributed by atoms with E-state index in [0.717, 1.165) is 5.56 Å². The highest BCUT2D eigenvalue weighted by Gasteiger charge is 2.18. The van der Waals surface area contributed by atoms with Crippen LogP contribution in [0.5, 0.6) is 0 Å². The van der Waals surface area contributed by atoms with Crippen LogP contribution < -0.4 is 11.1 Å². The SMILES string of the molecule is NC(=O)c1ccc(C2NCOO2)cc1. The number of hydrogen-bond donors (Lipinski definition) is 2. The first-order chi connectivity index (χ1) is 6.77. The molecule has 5 nitrogen and oxygen atoms in total. The Morgan fingerprint density at radius 2 is 2.14 bits per heavy atom. The van der Waals surface area contributed by atoms with Crippen molar-refractivity contribution in [2.75, 3.05) is 6.73 Å². The second-order valence-corrected chi connectivity index (χ2v) is 2.93. The van der Waals surface area contributed by atoms with Crippen molar-refractivity contribution in [3.05, 3.63) is 35.4 Å². The van der Waals surface area contributed by atoms with Crippen molar-refractivity contribution in [2.45, 2.75) is 6.23 Å². The molecule has 0 saturated carbocycles. The average molecular weight is 194 g/mol. The van der Waals surface area contributed by atoms with Crippen LogP contribution in [0.2, 0.25) is 0 Å². The number of carbonyl (C=O) groups is 1. The number of nitrogens with two attached hydrogens (primary N) is 1. The van der Waals surface area contributed by atoms with Gasteiger partial charge in [-0.3, -0.25) is 10.1 Å². The Balaban J connectivity index is 2.16. The molecule has 0 aliphatic carbocycles. The first kappa shape index (κ1) is 9.14. The predicted octanol–water partition coefficient (Wildman–Crippen LogP) is 0.293. The lowest BCUT2D eigenvalue weighted by Crippen LogP contribution is -2.15. The largest absolute Gasteiger partial charge is 0.366 e. The van der Waals surface area contributed by atoms with E-state index in [-0.39, 0.29) is 6.23 Å². The summed E-state index contributed by atoms with van der Waals surface area (Å²) in [5.74, 6) is -0.437. The summed E-state index contributed by atoms with van der Waals surface area (Å²) in [4.78, 5) is 20.4.